The molecule has 1 aliphatic carbocycles. The quantitative estimate of drug-likeness (QED) is 0.313. The van der Waals surface area contributed by atoms with Gasteiger partial charge in [0.25, 0.3) is 0 Å². The minimum Gasteiger partial charge on any atom is -0.444 e. The summed E-state index contributed by atoms with van der Waals surface area (Å²) in [6, 6.07) is 8.27. The number of amides is 2. The number of rotatable bonds is 6. The number of carbonyl (C=O) groups is 2. The fraction of sp³-hybridized carbons (Fsp3) is 0.606. The number of benzene rings is 1. The molecule has 0 bridgehead atoms. The van der Waals surface area contributed by atoms with E-state index >= 15 is 0 Å². The number of nitrogens with zero attached hydrogens (tertiary/aromatic N) is 6. The van der Waals surface area contributed by atoms with Crippen LogP contribution in [0.25, 0.3) is 11.0 Å². The van der Waals surface area contributed by atoms with E-state index < -0.39 is 11.2 Å². The number of ether oxygens (including phenoxy) is 2. The van der Waals surface area contributed by atoms with E-state index in [4.69, 9.17) is 14.5 Å². The van der Waals surface area contributed by atoms with Crippen molar-refractivity contribution in [2.45, 2.75) is 116 Å². The number of hydrogen-bond donors (Lipinski definition) is 1. The highest BCUT2D eigenvalue weighted by Gasteiger charge is 2.33. The second-order valence-electron chi connectivity index (χ2n) is 14.0. The van der Waals surface area contributed by atoms with Gasteiger partial charge in [0.05, 0.1) is 17.6 Å². The van der Waals surface area contributed by atoms with E-state index in [1.807, 2.05) is 78.2 Å². The molecule has 0 unspecified atom stereocenters. The zero-order chi connectivity index (χ0) is 31.5. The van der Waals surface area contributed by atoms with Crippen LogP contribution in [0.4, 0.5) is 21.2 Å². The lowest BCUT2D eigenvalue weighted by atomic mass is 9.96. The Morgan fingerprint density at radius 2 is 1.57 bits per heavy atom. The molecule has 3 aromatic rings. The second kappa shape index (κ2) is 13.0. The molecule has 0 radical (unpaired) electrons. The zero-order valence-corrected chi connectivity index (χ0v) is 27.0. The minimum atomic E-state index is -0.617. The molecule has 1 saturated heterocycles. The molecule has 2 aliphatic rings. The van der Waals surface area contributed by atoms with Crippen LogP contribution < -0.4 is 5.32 Å². The molecule has 1 aliphatic heterocycles. The van der Waals surface area contributed by atoms with E-state index in [-0.39, 0.29) is 18.2 Å². The van der Waals surface area contributed by atoms with Crippen molar-refractivity contribution in [2.75, 3.05) is 18.4 Å². The Bertz CT molecular complexity index is 1430. The number of hydrogen-bond acceptors (Lipinski definition) is 8. The Balaban J connectivity index is 1.25. The predicted molar refractivity (Wildman–Crippen MR) is 170 cm³/mol. The predicted octanol–water partition coefficient (Wildman–Crippen LogP) is 7.21. The van der Waals surface area contributed by atoms with Crippen LogP contribution >= 0.6 is 0 Å². The van der Waals surface area contributed by atoms with Crippen LogP contribution in [0.1, 0.15) is 98.1 Å². The lowest BCUT2D eigenvalue weighted by Crippen LogP contribution is -2.50. The molecule has 44 heavy (non-hydrogen) atoms. The van der Waals surface area contributed by atoms with Gasteiger partial charge in [-0.25, -0.2) is 19.3 Å². The Hall–Kier alpha value is -3.89. The number of piperidine rings is 1. The smallest absolute Gasteiger partial charge is 0.410 e. The number of aromatic nitrogens is 4. The van der Waals surface area contributed by atoms with Crippen molar-refractivity contribution >= 4 is 34.9 Å². The standard InChI is InChI=1S/C33H47N7O4/c1-32(2,3)43-30(41)38-18-16-26(17-19-38)39(31(42)44-33(4,5)6)22-23-12-14-25(15-13-23)36-29-34-20-24-21-35-40(28(24)37-29)27-10-8-7-9-11-27/h12-15,20-21,26-27H,7-11,16-19,22H2,1-6H3,(H,34,36,37). The summed E-state index contributed by atoms with van der Waals surface area (Å²) in [6.45, 7) is 12.6. The van der Waals surface area contributed by atoms with Gasteiger partial charge in [0.1, 0.15) is 11.2 Å². The van der Waals surface area contributed by atoms with Gasteiger partial charge in [-0.1, -0.05) is 31.4 Å². The van der Waals surface area contributed by atoms with Gasteiger partial charge < -0.3 is 24.6 Å². The number of likely N-dealkylation sites (tertiary alicyclic amines) is 1. The highest BCUT2D eigenvalue weighted by atomic mass is 16.6. The van der Waals surface area contributed by atoms with Crippen LogP contribution in [-0.2, 0) is 16.0 Å². The minimum absolute atomic E-state index is 0.0597. The van der Waals surface area contributed by atoms with Crippen molar-refractivity contribution in [3.63, 3.8) is 0 Å². The summed E-state index contributed by atoms with van der Waals surface area (Å²) in [6.07, 6.45) is 10.3. The highest BCUT2D eigenvalue weighted by Crippen LogP contribution is 2.30. The van der Waals surface area contributed by atoms with E-state index in [9.17, 15) is 9.59 Å². The first-order valence-electron chi connectivity index (χ1n) is 15.9. The summed E-state index contributed by atoms with van der Waals surface area (Å²) in [7, 11) is 0. The zero-order valence-electron chi connectivity index (χ0n) is 27.0. The number of nitrogens with one attached hydrogen (secondary N) is 1. The van der Waals surface area contributed by atoms with Crippen LogP contribution in [0.2, 0.25) is 0 Å². The van der Waals surface area contributed by atoms with E-state index in [0.717, 1.165) is 35.1 Å². The van der Waals surface area contributed by atoms with Gasteiger partial charge in [-0.15, -0.1) is 0 Å². The summed E-state index contributed by atoms with van der Waals surface area (Å²) in [5.74, 6) is 0.523. The highest BCUT2D eigenvalue weighted by molar-refractivity contribution is 5.75. The average Bonchev–Trinajstić information content (AvgIpc) is 3.39. The molecule has 11 heteroatoms. The molecular formula is C33H47N7O4. The number of carbonyl (C=O) groups excluding carboxylic acids is 2. The molecule has 238 valence electrons. The maximum Gasteiger partial charge on any atom is 0.410 e. The molecule has 0 spiro atoms. The molecule has 1 aromatic carbocycles. The molecule has 2 aromatic heterocycles. The van der Waals surface area contributed by atoms with Crippen molar-refractivity contribution in [3.8, 4) is 0 Å². The van der Waals surface area contributed by atoms with Gasteiger partial charge in [0, 0.05) is 37.6 Å². The van der Waals surface area contributed by atoms with Gasteiger partial charge in [-0.05, 0) is 84.9 Å². The van der Waals surface area contributed by atoms with Crippen molar-refractivity contribution in [1.29, 1.82) is 0 Å². The normalized spacial score (nSPS) is 17.0. The van der Waals surface area contributed by atoms with E-state index in [0.29, 0.717) is 44.5 Å². The molecular weight excluding hydrogens is 558 g/mol. The molecule has 0 atom stereocenters. The first kappa shape index (κ1) is 31.5. The lowest BCUT2D eigenvalue weighted by Gasteiger charge is -2.39. The number of fused-ring (bicyclic) bond motifs is 1. The summed E-state index contributed by atoms with van der Waals surface area (Å²) >= 11 is 0. The van der Waals surface area contributed by atoms with Crippen molar-refractivity contribution < 1.29 is 19.1 Å². The van der Waals surface area contributed by atoms with Crippen LogP contribution in [0.5, 0.6) is 0 Å². The summed E-state index contributed by atoms with van der Waals surface area (Å²) in [4.78, 5) is 38.8. The maximum atomic E-state index is 13.4. The molecule has 5 rings (SSSR count). The van der Waals surface area contributed by atoms with Gasteiger partial charge in [-0.2, -0.15) is 10.1 Å². The van der Waals surface area contributed by atoms with Gasteiger partial charge >= 0.3 is 12.2 Å². The van der Waals surface area contributed by atoms with Gasteiger partial charge in [-0.3, -0.25) is 0 Å². The fourth-order valence-corrected chi connectivity index (χ4v) is 5.86. The van der Waals surface area contributed by atoms with E-state index in [2.05, 4.69) is 20.1 Å². The Labute approximate surface area is 260 Å². The first-order chi connectivity index (χ1) is 20.8. The third-order valence-corrected chi connectivity index (χ3v) is 8.00. The molecule has 3 heterocycles. The van der Waals surface area contributed by atoms with Gasteiger partial charge in [0.15, 0.2) is 5.65 Å². The molecule has 1 N–H and O–H groups in total. The second-order valence-corrected chi connectivity index (χ2v) is 14.0. The topological polar surface area (TPSA) is 115 Å². The molecule has 11 nitrogen and oxygen atoms in total. The third-order valence-electron chi connectivity index (χ3n) is 8.00. The Morgan fingerprint density at radius 3 is 2.20 bits per heavy atom. The SMILES string of the molecule is CC(C)(C)OC(=O)N1CCC(N(Cc2ccc(Nc3ncc4cnn(C5CCCCC5)c4n3)cc2)C(=O)OC(C)(C)C)CC1. The Kier molecular flexibility index (Phi) is 9.31. The average molecular weight is 606 g/mol. The summed E-state index contributed by atoms with van der Waals surface area (Å²) in [5.41, 5.74) is 1.52. The molecule has 2 fully saturated rings. The number of anilines is 2. The Morgan fingerprint density at radius 1 is 0.909 bits per heavy atom. The van der Waals surface area contributed by atoms with Crippen molar-refractivity contribution in [1.82, 2.24) is 29.5 Å². The molecule has 1 saturated carbocycles. The monoisotopic (exact) mass is 605 g/mol. The first-order valence-corrected chi connectivity index (χ1v) is 15.9. The lowest BCUT2D eigenvalue weighted by molar-refractivity contribution is -0.00139. The van der Waals surface area contributed by atoms with Crippen molar-refractivity contribution in [3.05, 3.63) is 42.2 Å². The van der Waals surface area contributed by atoms with E-state index in [1.54, 1.807) is 9.80 Å². The third kappa shape index (κ3) is 8.18. The fourth-order valence-electron chi connectivity index (χ4n) is 5.86. The van der Waals surface area contributed by atoms with Crippen LogP contribution in [0.3, 0.4) is 0 Å². The maximum absolute atomic E-state index is 13.4. The molecule has 2 amide bonds. The van der Waals surface area contributed by atoms with Crippen LogP contribution in [0, 0.1) is 0 Å². The van der Waals surface area contributed by atoms with Crippen LogP contribution in [-0.4, -0.2) is 72.1 Å². The summed E-state index contributed by atoms with van der Waals surface area (Å²) in [5, 5.41) is 8.89. The van der Waals surface area contributed by atoms with Gasteiger partial charge in [0.2, 0.25) is 5.95 Å². The van der Waals surface area contributed by atoms with Crippen LogP contribution in [0.15, 0.2) is 36.7 Å². The summed E-state index contributed by atoms with van der Waals surface area (Å²) < 4.78 is 13.4. The van der Waals surface area contributed by atoms with E-state index in [1.165, 1.54) is 19.3 Å². The van der Waals surface area contributed by atoms with Crippen molar-refractivity contribution in [2.24, 2.45) is 0 Å². The largest absolute Gasteiger partial charge is 0.444 e.